The fourth-order valence-electron chi connectivity index (χ4n) is 1.68. The molecule has 27 heavy (non-hydrogen) atoms. The summed E-state index contributed by atoms with van der Waals surface area (Å²) in [5.41, 5.74) is -0.501. The molecule has 0 saturated carbocycles. The molecule has 1 radical (unpaired) electrons. The van der Waals surface area contributed by atoms with Gasteiger partial charge in [-0.15, -0.1) is 0 Å². The molecule has 0 spiro atoms. The number of esters is 1. The summed E-state index contributed by atoms with van der Waals surface area (Å²) in [5.74, 6) is -0.385. The average molecular weight is 395 g/mol. The van der Waals surface area contributed by atoms with Crippen LogP contribution >= 0.6 is 0 Å². The molecule has 161 valence electrons. The zero-order valence-electron chi connectivity index (χ0n) is 16.9. The van der Waals surface area contributed by atoms with E-state index in [4.69, 9.17) is 33.2 Å². The van der Waals surface area contributed by atoms with Gasteiger partial charge in [0.15, 0.2) is 0 Å². The lowest BCUT2D eigenvalue weighted by molar-refractivity contribution is -0.160. The average Bonchev–Trinajstić information content (AvgIpc) is 2.59. The summed E-state index contributed by atoms with van der Waals surface area (Å²) in [6, 6.07) is 0. The van der Waals surface area contributed by atoms with Crippen LogP contribution < -0.4 is 0 Å². The van der Waals surface area contributed by atoms with E-state index in [2.05, 4.69) is 0 Å². The van der Waals surface area contributed by atoms with Crippen molar-refractivity contribution < 1.29 is 43.1 Å². The third-order valence-corrected chi connectivity index (χ3v) is 2.73. The largest absolute Gasteiger partial charge is 0.458 e. The molecule has 9 heteroatoms. The van der Waals surface area contributed by atoms with Crippen molar-refractivity contribution in [1.29, 1.82) is 0 Å². The van der Waals surface area contributed by atoms with Crippen LogP contribution in [-0.2, 0) is 43.1 Å². The smallest absolute Gasteiger partial charge is 0.332 e. The summed E-state index contributed by atoms with van der Waals surface area (Å²) >= 11 is 0. The highest BCUT2D eigenvalue weighted by molar-refractivity contribution is 5.71. The summed E-state index contributed by atoms with van der Waals surface area (Å²) in [6.45, 7) is 9.77. The molecule has 0 rings (SSSR count). The van der Waals surface area contributed by atoms with Crippen LogP contribution in [-0.4, -0.2) is 97.5 Å². The second-order valence-corrected chi connectivity index (χ2v) is 6.41. The van der Waals surface area contributed by atoms with Gasteiger partial charge < -0.3 is 33.2 Å². The molecule has 0 aromatic heterocycles. The summed E-state index contributed by atoms with van der Waals surface area (Å²) in [5, 5.41) is 10.1. The van der Waals surface area contributed by atoms with Crippen molar-refractivity contribution in [3.63, 3.8) is 0 Å². The maximum atomic E-state index is 11.4. The monoisotopic (exact) mass is 395 g/mol. The Morgan fingerprint density at radius 3 is 1.26 bits per heavy atom. The topological polar surface area (TPSA) is 102 Å². The Morgan fingerprint density at radius 1 is 0.593 bits per heavy atom. The SMILES string of the molecule is CC(C)(C)OC(=O)COCCOCCOCCOCCOCCOCC[O]. The van der Waals surface area contributed by atoms with E-state index in [0.29, 0.717) is 66.1 Å². The van der Waals surface area contributed by atoms with E-state index in [9.17, 15) is 9.90 Å². The normalized spacial score (nSPS) is 11.7. The quantitative estimate of drug-likeness (QED) is 0.234. The summed E-state index contributed by atoms with van der Waals surface area (Å²) in [6.07, 6.45) is 0. The number of hydrogen-bond donors (Lipinski definition) is 0. The van der Waals surface area contributed by atoms with Gasteiger partial charge in [-0.1, -0.05) is 0 Å². The van der Waals surface area contributed by atoms with E-state index in [0.717, 1.165) is 0 Å². The number of carbonyl (C=O) groups excluding carboxylic acids is 1. The molecular weight excluding hydrogens is 360 g/mol. The van der Waals surface area contributed by atoms with Crippen molar-refractivity contribution >= 4 is 5.97 Å². The van der Waals surface area contributed by atoms with E-state index >= 15 is 0 Å². The Hall–Kier alpha value is -0.810. The van der Waals surface area contributed by atoms with Crippen molar-refractivity contribution in [1.82, 2.24) is 0 Å². The van der Waals surface area contributed by atoms with Gasteiger partial charge in [-0.05, 0) is 20.8 Å². The standard InChI is InChI=1S/C18H35O9/c1-18(2,3)27-17(20)16-26-15-14-25-13-12-24-11-10-23-9-8-22-7-6-21-5-4-19/h4-16H2,1-3H3. The van der Waals surface area contributed by atoms with Crippen molar-refractivity contribution in [2.45, 2.75) is 26.4 Å². The Kier molecular flexibility index (Phi) is 18.0. The second kappa shape index (κ2) is 18.5. The Morgan fingerprint density at radius 2 is 0.926 bits per heavy atom. The minimum absolute atomic E-state index is 0.0780. The lowest BCUT2D eigenvalue weighted by Crippen LogP contribution is -2.27. The van der Waals surface area contributed by atoms with Gasteiger partial charge in [0.1, 0.15) is 18.8 Å². The van der Waals surface area contributed by atoms with E-state index in [1.807, 2.05) is 20.8 Å². The summed E-state index contributed by atoms with van der Waals surface area (Å²) < 4.78 is 36.5. The molecule has 0 aliphatic rings. The van der Waals surface area contributed by atoms with Crippen molar-refractivity contribution in [3.05, 3.63) is 0 Å². The molecule has 0 N–H and O–H groups in total. The molecule has 0 aliphatic carbocycles. The van der Waals surface area contributed by atoms with Gasteiger partial charge in [0, 0.05) is 0 Å². The summed E-state index contributed by atoms with van der Waals surface area (Å²) in [7, 11) is 0. The number of ether oxygens (including phenoxy) is 7. The minimum Gasteiger partial charge on any atom is -0.458 e. The van der Waals surface area contributed by atoms with Gasteiger partial charge in [-0.25, -0.2) is 9.90 Å². The molecule has 0 aliphatic heterocycles. The fourth-order valence-corrected chi connectivity index (χ4v) is 1.68. The first-order chi connectivity index (χ1) is 13.0. The minimum atomic E-state index is -0.501. The van der Waals surface area contributed by atoms with Gasteiger partial charge in [-0.2, -0.15) is 0 Å². The van der Waals surface area contributed by atoms with Gasteiger partial charge in [0.2, 0.25) is 0 Å². The fraction of sp³-hybridized carbons (Fsp3) is 0.944. The van der Waals surface area contributed by atoms with Crippen molar-refractivity contribution in [2.24, 2.45) is 0 Å². The molecule has 9 nitrogen and oxygen atoms in total. The Bertz CT molecular complexity index is 331. The van der Waals surface area contributed by atoms with E-state index in [1.165, 1.54) is 0 Å². The molecule has 0 unspecified atom stereocenters. The first-order valence-electron chi connectivity index (χ1n) is 9.22. The Labute approximate surface area is 162 Å². The van der Waals surface area contributed by atoms with Crippen LogP contribution in [0.2, 0.25) is 0 Å². The molecule has 0 amide bonds. The zero-order valence-corrected chi connectivity index (χ0v) is 16.9. The van der Waals surface area contributed by atoms with Crippen molar-refractivity contribution in [2.75, 3.05) is 85.9 Å². The van der Waals surface area contributed by atoms with Crippen molar-refractivity contribution in [3.8, 4) is 0 Å². The molecular formula is C18H35O9. The third kappa shape index (κ3) is 23.2. The van der Waals surface area contributed by atoms with Crippen LogP contribution in [0.25, 0.3) is 0 Å². The van der Waals surface area contributed by atoms with Crippen LogP contribution in [0.4, 0.5) is 0 Å². The molecule has 0 aromatic rings. The van der Waals surface area contributed by atoms with Gasteiger partial charge in [-0.3, -0.25) is 0 Å². The molecule has 0 saturated heterocycles. The van der Waals surface area contributed by atoms with Crippen LogP contribution in [0.15, 0.2) is 0 Å². The number of rotatable bonds is 19. The van der Waals surface area contributed by atoms with E-state index < -0.39 is 5.60 Å². The predicted octanol–water partition coefficient (Wildman–Crippen LogP) is 0.858. The summed E-state index contributed by atoms with van der Waals surface area (Å²) in [4.78, 5) is 11.4. The first-order valence-corrected chi connectivity index (χ1v) is 9.22. The van der Waals surface area contributed by atoms with E-state index in [-0.39, 0.29) is 25.8 Å². The predicted molar refractivity (Wildman–Crippen MR) is 96.3 cm³/mol. The Balaban J connectivity index is 3.12. The lowest BCUT2D eigenvalue weighted by Gasteiger charge is -2.19. The first kappa shape index (κ1) is 26.2. The number of carbonyl (C=O) groups is 1. The van der Waals surface area contributed by atoms with Crippen LogP contribution in [0.3, 0.4) is 0 Å². The molecule has 0 aromatic carbocycles. The molecule has 0 atom stereocenters. The number of hydrogen-bond acceptors (Lipinski definition) is 8. The highest BCUT2D eigenvalue weighted by Crippen LogP contribution is 2.06. The maximum Gasteiger partial charge on any atom is 0.332 e. The highest BCUT2D eigenvalue weighted by atomic mass is 16.6. The van der Waals surface area contributed by atoms with Gasteiger partial charge >= 0.3 is 5.97 Å². The second-order valence-electron chi connectivity index (χ2n) is 6.41. The van der Waals surface area contributed by atoms with Gasteiger partial charge in [0.25, 0.3) is 0 Å². The third-order valence-electron chi connectivity index (χ3n) is 2.73. The lowest BCUT2D eigenvalue weighted by atomic mass is 10.2. The molecule has 0 fully saturated rings. The molecule has 0 bridgehead atoms. The highest BCUT2D eigenvalue weighted by Gasteiger charge is 2.15. The maximum absolute atomic E-state index is 11.4. The zero-order chi connectivity index (χ0) is 20.2. The van der Waals surface area contributed by atoms with Crippen LogP contribution in [0, 0.1) is 0 Å². The van der Waals surface area contributed by atoms with E-state index in [1.54, 1.807) is 0 Å². The molecule has 0 heterocycles. The van der Waals surface area contributed by atoms with Crippen LogP contribution in [0.5, 0.6) is 0 Å². The van der Waals surface area contributed by atoms with Gasteiger partial charge in [0.05, 0.1) is 72.7 Å². The van der Waals surface area contributed by atoms with Crippen LogP contribution in [0.1, 0.15) is 20.8 Å².